The van der Waals surface area contributed by atoms with Crippen LogP contribution in [0.3, 0.4) is 0 Å². The van der Waals surface area contributed by atoms with E-state index in [1.807, 2.05) is 0 Å². The first-order valence-corrected chi connectivity index (χ1v) is 5.92. The number of aliphatic carboxylic acids is 1. The number of methoxy groups -OCH3 is 2. The van der Waals surface area contributed by atoms with Crippen molar-refractivity contribution in [2.24, 2.45) is 0 Å². The largest absolute Gasteiger partial charge is 0.495 e. The van der Waals surface area contributed by atoms with Crippen molar-refractivity contribution in [1.29, 1.82) is 0 Å². The molecule has 0 unspecified atom stereocenters. The van der Waals surface area contributed by atoms with E-state index in [2.05, 4.69) is 5.32 Å². The molecule has 0 aliphatic carbocycles. The number of likely N-dealkylation sites (N-methyl/N-ethyl adjacent to an activating group) is 1. The summed E-state index contributed by atoms with van der Waals surface area (Å²) in [6.07, 6.45) is 0. The van der Waals surface area contributed by atoms with Gasteiger partial charge in [0.1, 0.15) is 18.0 Å². The average Bonchev–Trinajstić information content (AvgIpc) is 2.39. The topological polar surface area (TPSA) is 88.1 Å². The highest BCUT2D eigenvalue weighted by atomic mass is 35.5. The van der Waals surface area contributed by atoms with Gasteiger partial charge in [0.05, 0.1) is 24.9 Å². The van der Waals surface area contributed by atoms with Gasteiger partial charge in [0.15, 0.2) is 0 Å². The highest BCUT2D eigenvalue weighted by Crippen LogP contribution is 2.35. The molecule has 2 amide bonds. The molecule has 0 atom stereocenters. The third-order valence-electron chi connectivity index (χ3n) is 2.43. The fraction of sp³-hybridized carbons (Fsp3) is 0.333. The summed E-state index contributed by atoms with van der Waals surface area (Å²) in [5.41, 5.74) is 0.330. The van der Waals surface area contributed by atoms with Crippen molar-refractivity contribution in [3.63, 3.8) is 0 Å². The van der Waals surface area contributed by atoms with E-state index >= 15 is 0 Å². The van der Waals surface area contributed by atoms with Gasteiger partial charge in [0, 0.05) is 19.2 Å². The number of rotatable bonds is 5. The predicted molar refractivity (Wildman–Crippen MR) is 73.8 cm³/mol. The van der Waals surface area contributed by atoms with Crippen LogP contribution >= 0.6 is 11.6 Å². The number of amides is 2. The van der Waals surface area contributed by atoms with Gasteiger partial charge in [0.2, 0.25) is 0 Å². The lowest BCUT2D eigenvalue weighted by Gasteiger charge is -2.18. The molecule has 7 nitrogen and oxygen atoms in total. The molecule has 0 spiro atoms. The first kappa shape index (κ1) is 15.9. The molecule has 0 aromatic heterocycles. The van der Waals surface area contributed by atoms with Crippen LogP contribution in [-0.4, -0.2) is 49.8 Å². The van der Waals surface area contributed by atoms with E-state index < -0.39 is 18.5 Å². The number of carboxylic acid groups (broad SMARTS) is 1. The Labute approximate surface area is 121 Å². The molecule has 110 valence electrons. The number of nitrogens with zero attached hydrogens (tertiary/aromatic N) is 1. The summed E-state index contributed by atoms with van der Waals surface area (Å²) >= 11 is 5.94. The van der Waals surface area contributed by atoms with Gasteiger partial charge in [-0.1, -0.05) is 11.6 Å². The number of ether oxygens (including phenoxy) is 2. The van der Waals surface area contributed by atoms with Crippen LogP contribution in [0.4, 0.5) is 10.5 Å². The number of carbonyl (C=O) groups excluding carboxylic acids is 1. The van der Waals surface area contributed by atoms with Gasteiger partial charge in [-0.25, -0.2) is 4.79 Å². The molecule has 1 aromatic rings. The number of hydrogen-bond acceptors (Lipinski definition) is 4. The van der Waals surface area contributed by atoms with Crippen molar-refractivity contribution in [2.75, 3.05) is 33.1 Å². The van der Waals surface area contributed by atoms with Crippen LogP contribution < -0.4 is 14.8 Å². The summed E-state index contributed by atoms with van der Waals surface area (Å²) < 4.78 is 10.1. The van der Waals surface area contributed by atoms with Gasteiger partial charge in [-0.2, -0.15) is 0 Å². The SMILES string of the molecule is COc1cc(NC(=O)N(C)CC(=O)O)c(OC)cc1Cl. The Hall–Kier alpha value is -2.15. The summed E-state index contributed by atoms with van der Waals surface area (Å²) in [7, 11) is 4.23. The molecule has 0 radical (unpaired) electrons. The Morgan fingerprint density at radius 3 is 2.40 bits per heavy atom. The lowest BCUT2D eigenvalue weighted by Crippen LogP contribution is -2.35. The molecule has 0 heterocycles. The van der Waals surface area contributed by atoms with Gasteiger partial charge in [-0.3, -0.25) is 4.79 Å². The Balaban J connectivity index is 2.95. The highest BCUT2D eigenvalue weighted by Gasteiger charge is 2.16. The second kappa shape index (κ2) is 6.85. The van der Waals surface area contributed by atoms with Crippen molar-refractivity contribution in [3.05, 3.63) is 17.2 Å². The Morgan fingerprint density at radius 1 is 1.30 bits per heavy atom. The number of hydrogen-bond donors (Lipinski definition) is 2. The molecule has 0 aliphatic rings. The lowest BCUT2D eigenvalue weighted by molar-refractivity contribution is -0.137. The molecular formula is C12H15ClN2O5. The van der Waals surface area contributed by atoms with Gasteiger partial charge in [-0.05, 0) is 0 Å². The fourth-order valence-electron chi connectivity index (χ4n) is 1.44. The monoisotopic (exact) mass is 302 g/mol. The molecular weight excluding hydrogens is 288 g/mol. The summed E-state index contributed by atoms with van der Waals surface area (Å²) in [6.45, 7) is -0.418. The van der Waals surface area contributed by atoms with Crippen molar-refractivity contribution < 1.29 is 24.2 Å². The van der Waals surface area contributed by atoms with Crippen molar-refractivity contribution in [2.45, 2.75) is 0 Å². The maximum Gasteiger partial charge on any atom is 0.323 e. The van der Waals surface area contributed by atoms with Gasteiger partial charge >= 0.3 is 12.0 Å². The van der Waals surface area contributed by atoms with Crippen LogP contribution in [0.5, 0.6) is 11.5 Å². The van der Waals surface area contributed by atoms with Crippen LogP contribution in [0, 0.1) is 0 Å². The minimum absolute atomic E-state index is 0.330. The van der Waals surface area contributed by atoms with E-state index in [-0.39, 0.29) is 0 Å². The number of carboxylic acids is 1. The zero-order chi connectivity index (χ0) is 15.3. The van der Waals surface area contributed by atoms with Crippen LogP contribution in [0.15, 0.2) is 12.1 Å². The maximum absolute atomic E-state index is 11.8. The maximum atomic E-state index is 11.8. The molecule has 0 saturated heterocycles. The number of urea groups is 1. The Morgan fingerprint density at radius 2 is 1.90 bits per heavy atom. The van der Waals surface area contributed by atoms with Gasteiger partial charge in [-0.15, -0.1) is 0 Å². The van der Waals surface area contributed by atoms with Gasteiger partial charge in [0.25, 0.3) is 0 Å². The second-order valence-corrected chi connectivity index (χ2v) is 4.27. The molecule has 1 aromatic carbocycles. The molecule has 0 aliphatic heterocycles. The normalized spacial score (nSPS) is 9.80. The van der Waals surface area contributed by atoms with Gasteiger partial charge < -0.3 is 24.8 Å². The van der Waals surface area contributed by atoms with Crippen LogP contribution in [-0.2, 0) is 4.79 Å². The minimum atomic E-state index is -1.11. The molecule has 8 heteroatoms. The number of anilines is 1. The lowest BCUT2D eigenvalue weighted by atomic mass is 10.2. The Bertz CT molecular complexity index is 521. The first-order chi connectivity index (χ1) is 9.38. The fourth-order valence-corrected chi connectivity index (χ4v) is 1.67. The number of carbonyl (C=O) groups is 2. The predicted octanol–water partition coefficient (Wildman–Crippen LogP) is 1.91. The number of benzene rings is 1. The summed E-state index contributed by atoms with van der Waals surface area (Å²) in [4.78, 5) is 23.4. The van der Waals surface area contributed by atoms with Crippen LogP contribution in [0.25, 0.3) is 0 Å². The summed E-state index contributed by atoms with van der Waals surface area (Å²) in [5, 5.41) is 11.5. The minimum Gasteiger partial charge on any atom is -0.495 e. The van der Waals surface area contributed by atoms with Crippen molar-refractivity contribution in [1.82, 2.24) is 4.90 Å². The third-order valence-corrected chi connectivity index (χ3v) is 2.73. The molecule has 1 rings (SSSR count). The van der Waals surface area contributed by atoms with E-state index in [4.69, 9.17) is 26.2 Å². The first-order valence-electron chi connectivity index (χ1n) is 5.54. The van der Waals surface area contributed by atoms with E-state index in [1.54, 1.807) is 0 Å². The standard InChI is InChI=1S/C12H15ClN2O5/c1-15(6-11(16)17)12(18)14-8-5-9(19-2)7(13)4-10(8)20-3/h4-5H,6H2,1-3H3,(H,14,18)(H,16,17). The van der Waals surface area contributed by atoms with E-state index in [9.17, 15) is 9.59 Å². The molecule has 0 fully saturated rings. The van der Waals surface area contributed by atoms with Crippen molar-refractivity contribution in [3.8, 4) is 11.5 Å². The van der Waals surface area contributed by atoms with Crippen molar-refractivity contribution >= 4 is 29.3 Å². The zero-order valence-electron chi connectivity index (χ0n) is 11.3. The Kier molecular flexibility index (Phi) is 5.45. The zero-order valence-corrected chi connectivity index (χ0v) is 12.0. The smallest absolute Gasteiger partial charge is 0.323 e. The molecule has 0 bridgehead atoms. The second-order valence-electron chi connectivity index (χ2n) is 3.87. The highest BCUT2D eigenvalue weighted by molar-refractivity contribution is 6.32. The molecule has 2 N–H and O–H groups in total. The third kappa shape index (κ3) is 3.92. The van der Waals surface area contributed by atoms with E-state index in [0.717, 1.165) is 4.90 Å². The quantitative estimate of drug-likeness (QED) is 0.867. The molecule has 20 heavy (non-hydrogen) atoms. The number of nitrogens with one attached hydrogen (secondary N) is 1. The average molecular weight is 303 g/mol. The van der Waals surface area contributed by atoms with Crippen LogP contribution in [0.2, 0.25) is 5.02 Å². The molecule has 0 saturated carbocycles. The van der Waals surface area contributed by atoms with Crippen LogP contribution in [0.1, 0.15) is 0 Å². The van der Waals surface area contributed by atoms with E-state index in [0.29, 0.717) is 22.2 Å². The summed E-state index contributed by atoms with van der Waals surface area (Å²) in [5.74, 6) is -0.403. The summed E-state index contributed by atoms with van der Waals surface area (Å²) in [6, 6.07) is 2.40. The number of halogens is 1. The van der Waals surface area contributed by atoms with E-state index in [1.165, 1.54) is 33.4 Å².